The highest BCUT2D eigenvalue weighted by Crippen LogP contribution is 2.43. The van der Waals surface area contributed by atoms with E-state index >= 15 is 0 Å². The third-order valence-electron chi connectivity index (χ3n) is 7.56. The van der Waals surface area contributed by atoms with E-state index in [-0.39, 0.29) is 18.5 Å². The maximum absolute atomic E-state index is 13.3. The Labute approximate surface area is 212 Å². The van der Waals surface area contributed by atoms with Gasteiger partial charge in [0.1, 0.15) is 11.5 Å². The first-order chi connectivity index (χ1) is 17.4. The van der Waals surface area contributed by atoms with Crippen molar-refractivity contribution in [2.75, 3.05) is 40.5 Å². The van der Waals surface area contributed by atoms with E-state index in [1.165, 1.54) is 0 Å². The second-order valence-corrected chi connectivity index (χ2v) is 10.1. The average Bonchev–Trinajstić information content (AvgIpc) is 2.90. The molecule has 5 nitrogen and oxygen atoms in total. The number of fused-ring (bicyclic) bond motifs is 1. The molecule has 0 unspecified atom stereocenters. The van der Waals surface area contributed by atoms with Gasteiger partial charge < -0.3 is 19.5 Å². The maximum atomic E-state index is 13.3. The fourth-order valence-electron chi connectivity index (χ4n) is 5.17. The number of alkyl halides is 1. The molecule has 36 heavy (non-hydrogen) atoms. The number of rotatable bonds is 10. The first-order valence-corrected chi connectivity index (χ1v) is 12.6. The summed E-state index contributed by atoms with van der Waals surface area (Å²) in [5.41, 5.74) is 3.86. The lowest BCUT2D eigenvalue weighted by molar-refractivity contribution is -0.136. The van der Waals surface area contributed by atoms with Crippen LogP contribution in [0.2, 0.25) is 0 Å². The highest BCUT2D eigenvalue weighted by atomic mass is 19.1. The molecule has 0 aromatic heterocycles. The predicted octanol–water partition coefficient (Wildman–Crippen LogP) is 6.16. The number of carbonyl (C=O) groups is 1. The molecule has 0 saturated carbocycles. The Balaban J connectivity index is 1.63. The zero-order valence-corrected chi connectivity index (χ0v) is 21.5. The van der Waals surface area contributed by atoms with Crippen LogP contribution in [0.1, 0.15) is 37.3 Å². The van der Waals surface area contributed by atoms with Crippen LogP contribution in [0.25, 0.3) is 21.9 Å². The van der Waals surface area contributed by atoms with Crippen molar-refractivity contribution in [2.45, 2.75) is 39.0 Å². The van der Waals surface area contributed by atoms with Crippen molar-refractivity contribution >= 4 is 16.7 Å². The number of carboxylic acids is 1. The van der Waals surface area contributed by atoms with Crippen molar-refractivity contribution in [1.82, 2.24) is 4.90 Å². The summed E-state index contributed by atoms with van der Waals surface area (Å²) in [7, 11) is 3.35. The van der Waals surface area contributed by atoms with Crippen LogP contribution in [-0.2, 0) is 17.6 Å². The second-order valence-electron chi connectivity index (χ2n) is 10.1. The fraction of sp³-hybridized carbons (Fsp3) is 0.433. The molecule has 0 amide bonds. The molecule has 1 aliphatic rings. The van der Waals surface area contributed by atoms with Gasteiger partial charge in [0.25, 0.3) is 0 Å². The SMILES string of the molecule is COc1cc(CCN2CCC(C)(CF)CC2)cc(OC)c1-c1cccc2c(CCC(=O)O)cccc12. The molecule has 1 saturated heterocycles. The molecule has 3 aromatic rings. The third-order valence-corrected chi connectivity index (χ3v) is 7.56. The summed E-state index contributed by atoms with van der Waals surface area (Å²) < 4.78 is 25.0. The van der Waals surface area contributed by atoms with E-state index < -0.39 is 5.97 Å². The Morgan fingerprint density at radius 2 is 1.64 bits per heavy atom. The summed E-state index contributed by atoms with van der Waals surface area (Å²) >= 11 is 0. The van der Waals surface area contributed by atoms with Gasteiger partial charge in [-0.2, -0.15) is 0 Å². The number of aliphatic carboxylic acids is 1. The minimum atomic E-state index is -0.803. The average molecular weight is 494 g/mol. The van der Waals surface area contributed by atoms with Crippen molar-refractivity contribution < 1.29 is 23.8 Å². The number of hydrogen-bond acceptors (Lipinski definition) is 4. The zero-order valence-electron chi connectivity index (χ0n) is 21.5. The van der Waals surface area contributed by atoms with Crippen LogP contribution in [0.4, 0.5) is 4.39 Å². The number of carboxylic acid groups (broad SMARTS) is 1. The van der Waals surface area contributed by atoms with Gasteiger partial charge in [-0.25, -0.2) is 0 Å². The zero-order chi connectivity index (χ0) is 25.7. The molecule has 0 aliphatic carbocycles. The van der Waals surface area contributed by atoms with Crippen LogP contribution in [0.15, 0.2) is 48.5 Å². The van der Waals surface area contributed by atoms with E-state index in [1.54, 1.807) is 14.2 Å². The van der Waals surface area contributed by atoms with Crippen LogP contribution in [-0.4, -0.2) is 56.5 Å². The van der Waals surface area contributed by atoms with Crippen LogP contribution in [0.5, 0.6) is 11.5 Å². The van der Waals surface area contributed by atoms with E-state index in [0.29, 0.717) is 6.42 Å². The lowest BCUT2D eigenvalue weighted by Crippen LogP contribution is -2.40. The minimum absolute atomic E-state index is 0.0920. The number of likely N-dealkylation sites (tertiary alicyclic amines) is 1. The second kappa shape index (κ2) is 11.3. The molecule has 0 bridgehead atoms. The van der Waals surface area contributed by atoms with Gasteiger partial charge in [0.05, 0.1) is 26.5 Å². The fourth-order valence-corrected chi connectivity index (χ4v) is 5.17. The largest absolute Gasteiger partial charge is 0.496 e. The van der Waals surface area contributed by atoms with Gasteiger partial charge in [0.2, 0.25) is 0 Å². The molecule has 1 fully saturated rings. The molecule has 0 spiro atoms. The summed E-state index contributed by atoms with van der Waals surface area (Å²) in [6, 6.07) is 16.3. The smallest absolute Gasteiger partial charge is 0.303 e. The Bertz CT molecular complexity index is 1190. The lowest BCUT2D eigenvalue weighted by atomic mass is 9.82. The van der Waals surface area contributed by atoms with Crippen molar-refractivity contribution in [2.24, 2.45) is 5.41 Å². The van der Waals surface area contributed by atoms with Crippen LogP contribution in [0, 0.1) is 5.41 Å². The number of ether oxygens (including phenoxy) is 2. The van der Waals surface area contributed by atoms with Crippen LogP contribution >= 0.6 is 0 Å². The van der Waals surface area contributed by atoms with Crippen molar-refractivity contribution in [3.8, 4) is 22.6 Å². The van der Waals surface area contributed by atoms with Gasteiger partial charge in [-0.3, -0.25) is 9.18 Å². The molecule has 4 rings (SSSR count). The molecular formula is C30H36FNO4. The first-order valence-electron chi connectivity index (χ1n) is 12.6. The first kappa shape index (κ1) is 26.0. The molecule has 3 aromatic carbocycles. The van der Waals surface area contributed by atoms with Gasteiger partial charge in [-0.15, -0.1) is 0 Å². The van der Waals surface area contributed by atoms with Crippen LogP contribution < -0.4 is 9.47 Å². The van der Waals surface area contributed by atoms with Crippen molar-refractivity contribution in [1.29, 1.82) is 0 Å². The monoisotopic (exact) mass is 493 g/mol. The van der Waals surface area contributed by atoms with Crippen molar-refractivity contribution in [3.63, 3.8) is 0 Å². The van der Waals surface area contributed by atoms with E-state index in [4.69, 9.17) is 14.6 Å². The van der Waals surface area contributed by atoms with Gasteiger partial charge >= 0.3 is 5.97 Å². The number of piperidine rings is 1. The molecule has 192 valence electrons. The summed E-state index contributed by atoms with van der Waals surface area (Å²) in [6.07, 6.45) is 3.21. The van der Waals surface area contributed by atoms with E-state index in [0.717, 1.165) is 83.4 Å². The van der Waals surface area contributed by atoms with E-state index in [2.05, 4.69) is 29.2 Å². The third kappa shape index (κ3) is 5.65. The van der Waals surface area contributed by atoms with E-state index in [9.17, 15) is 9.18 Å². The Morgan fingerprint density at radius 3 is 2.25 bits per heavy atom. The number of benzene rings is 3. The summed E-state index contributed by atoms with van der Waals surface area (Å²) in [4.78, 5) is 13.6. The lowest BCUT2D eigenvalue weighted by Gasteiger charge is -2.37. The molecule has 0 atom stereocenters. The van der Waals surface area contributed by atoms with Gasteiger partial charge in [-0.1, -0.05) is 43.3 Å². The molecule has 1 N–H and O–H groups in total. The summed E-state index contributed by atoms with van der Waals surface area (Å²) in [5.74, 6) is 0.691. The number of methoxy groups -OCH3 is 2. The highest BCUT2D eigenvalue weighted by Gasteiger charge is 2.29. The molecule has 0 radical (unpaired) electrons. The predicted molar refractivity (Wildman–Crippen MR) is 142 cm³/mol. The Kier molecular flexibility index (Phi) is 8.14. The maximum Gasteiger partial charge on any atom is 0.303 e. The minimum Gasteiger partial charge on any atom is -0.496 e. The summed E-state index contributed by atoms with van der Waals surface area (Å²) in [5, 5.41) is 11.2. The van der Waals surface area contributed by atoms with E-state index in [1.807, 2.05) is 31.2 Å². The van der Waals surface area contributed by atoms with Crippen molar-refractivity contribution in [3.05, 3.63) is 59.7 Å². The number of hydrogen-bond donors (Lipinski definition) is 1. The molecule has 1 aliphatic heterocycles. The topological polar surface area (TPSA) is 59.0 Å². The highest BCUT2D eigenvalue weighted by molar-refractivity contribution is 6.01. The number of aryl methyl sites for hydroxylation is 1. The Hall–Kier alpha value is -3.12. The molecule has 1 heterocycles. The quantitative estimate of drug-likeness (QED) is 0.367. The number of halogens is 1. The van der Waals surface area contributed by atoms with Crippen LogP contribution in [0.3, 0.4) is 0 Å². The van der Waals surface area contributed by atoms with Gasteiger partial charge in [0.15, 0.2) is 0 Å². The normalized spacial score (nSPS) is 15.7. The molecular weight excluding hydrogens is 457 g/mol. The molecule has 6 heteroatoms. The van der Waals surface area contributed by atoms with Gasteiger partial charge in [-0.05, 0) is 83.8 Å². The number of nitrogens with zero attached hydrogens (tertiary/aromatic N) is 1. The van der Waals surface area contributed by atoms with Gasteiger partial charge in [0, 0.05) is 13.0 Å². The standard InChI is InChI=1S/C30H36FNO4/c1-30(20-31)13-16-32(17-14-30)15-12-21-18-26(35-2)29(27(19-21)36-3)25-9-5-7-23-22(10-11-28(33)34)6-4-8-24(23)25/h4-9,18-19H,10-17,20H2,1-3H3,(H,33,34). The Morgan fingerprint density at radius 1 is 1.00 bits per heavy atom. The summed E-state index contributed by atoms with van der Waals surface area (Å²) in [6.45, 7) is 4.56.